The number of nitrogens with two attached hydrogens (primary N) is 1. The SMILES string of the molecule is CC(C)c1nc(NCCN2CCC[C@@H](C(N)=O)C2)c2cnn(C)c2n1. The van der Waals surface area contributed by atoms with Gasteiger partial charge in [-0.3, -0.25) is 9.48 Å². The van der Waals surface area contributed by atoms with Gasteiger partial charge < -0.3 is 16.0 Å². The number of aryl methyl sites for hydroxylation is 1. The number of aromatic nitrogens is 4. The molecular weight excluding hydrogens is 318 g/mol. The second-order valence-electron chi connectivity index (χ2n) is 7.06. The zero-order valence-electron chi connectivity index (χ0n) is 15.2. The molecule has 0 aliphatic carbocycles. The summed E-state index contributed by atoms with van der Waals surface area (Å²) in [5.74, 6) is 1.67. The van der Waals surface area contributed by atoms with Crippen LogP contribution in [-0.2, 0) is 11.8 Å². The molecule has 0 saturated carbocycles. The van der Waals surface area contributed by atoms with Crippen LogP contribution in [-0.4, -0.2) is 56.7 Å². The summed E-state index contributed by atoms with van der Waals surface area (Å²) in [6.45, 7) is 7.53. The minimum absolute atomic E-state index is 0.0228. The van der Waals surface area contributed by atoms with Gasteiger partial charge in [-0.2, -0.15) is 5.10 Å². The third-order valence-electron chi connectivity index (χ3n) is 4.75. The maximum absolute atomic E-state index is 11.4. The fourth-order valence-corrected chi connectivity index (χ4v) is 3.26. The monoisotopic (exact) mass is 345 g/mol. The standard InChI is InChI=1S/C17H27N7O/c1-11(2)15-21-16(13-9-20-23(3)17(13)22-15)19-6-8-24-7-4-5-12(10-24)14(18)25/h9,11-12H,4-8,10H2,1-3H3,(H2,18,25)(H,19,21,22)/t12-/m1/s1. The van der Waals surface area contributed by atoms with E-state index in [0.29, 0.717) is 0 Å². The topological polar surface area (TPSA) is 102 Å². The van der Waals surface area contributed by atoms with E-state index in [2.05, 4.69) is 39.1 Å². The molecule has 136 valence electrons. The molecule has 8 heteroatoms. The number of amides is 1. The first-order chi connectivity index (χ1) is 12.0. The van der Waals surface area contributed by atoms with Crippen molar-refractivity contribution in [2.75, 3.05) is 31.5 Å². The maximum atomic E-state index is 11.4. The predicted octanol–water partition coefficient (Wildman–Crippen LogP) is 1.10. The predicted molar refractivity (Wildman–Crippen MR) is 97.2 cm³/mol. The highest BCUT2D eigenvalue weighted by Gasteiger charge is 2.23. The summed E-state index contributed by atoms with van der Waals surface area (Å²) in [6, 6.07) is 0. The molecule has 2 aromatic rings. The maximum Gasteiger partial charge on any atom is 0.221 e. The van der Waals surface area contributed by atoms with Crippen molar-refractivity contribution in [1.29, 1.82) is 0 Å². The van der Waals surface area contributed by atoms with E-state index in [0.717, 1.165) is 61.7 Å². The second-order valence-corrected chi connectivity index (χ2v) is 7.06. The number of nitrogens with one attached hydrogen (secondary N) is 1. The molecule has 0 unspecified atom stereocenters. The molecule has 1 atom stereocenters. The second kappa shape index (κ2) is 7.35. The Morgan fingerprint density at radius 1 is 1.44 bits per heavy atom. The zero-order chi connectivity index (χ0) is 18.0. The number of anilines is 1. The van der Waals surface area contributed by atoms with Crippen molar-refractivity contribution < 1.29 is 4.79 Å². The number of fused-ring (bicyclic) bond motifs is 1. The van der Waals surface area contributed by atoms with E-state index in [4.69, 9.17) is 5.73 Å². The number of piperidine rings is 1. The summed E-state index contributed by atoms with van der Waals surface area (Å²) in [6.07, 6.45) is 3.72. The largest absolute Gasteiger partial charge is 0.369 e. The lowest BCUT2D eigenvalue weighted by atomic mass is 9.97. The number of nitrogens with zero attached hydrogens (tertiary/aromatic N) is 5. The Morgan fingerprint density at radius 3 is 2.96 bits per heavy atom. The van der Waals surface area contributed by atoms with Gasteiger partial charge in [-0.25, -0.2) is 9.97 Å². The number of carbonyl (C=O) groups is 1. The molecule has 25 heavy (non-hydrogen) atoms. The average Bonchev–Trinajstić information content (AvgIpc) is 2.96. The Morgan fingerprint density at radius 2 is 2.24 bits per heavy atom. The van der Waals surface area contributed by atoms with E-state index in [1.165, 1.54) is 0 Å². The number of primary amides is 1. The molecule has 3 heterocycles. The Kier molecular flexibility index (Phi) is 5.17. The molecule has 3 rings (SSSR count). The van der Waals surface area contributed by atoms with Crippen LogP contribution < -0.4 is 11.1 Å². The molecule has 1 fully saturated rings. The number of hydrogen-bond donors (Lipinski definition) is 2. The summed E-state index contributed by atoms with van der Waals surface area (Å²) in [4.78, 5) is 23.0. The Bertz CT molecular complexity index is 755. The molecule has 1 aliphatic rings. The van der Waals surface area contributed by atoms with Gasteiger partial charge in [0.25, 0.3) is 0 Å². The molecule has 1 aliphatic heterocycles. The van der Waals surface area contributed by atoms with Crippen LogP contribution in [0.5, 0.6) is 0 Å². The molecule has 3 N–H and O–H groups in total. The van der Waals surface area contributed by atoms with Gasteiger partial charge in [-0.05, 0) is 19.4 Å². The van der Waals surface area contributed by atoms with Gasteiger partial charge in [0.15, 0.2) is 5.65 Å². The molecule has 1 amide bonds. The zero-order valence-corrected chi connectivity index (χ0v) is 15.2. The first-order valence-electron chi connectivity index (χ1n) is 8.91. The van der Waals surface area contributed by atoms with Crippen LogP contribution in [0.3, 0.4) is 0 Å². The van der Waals surface area contributed by atoms with Crippen LogP contribution in [0.15, 0.2) is 6.20 Å². The quantitative estimate of drug-likeness (QED) is 0.813. The van der Waals surface area contributed by atoms with Crippen LogP contribution in [0.1, 0.15) is 38.4 Å². The van der Waals surface area contributed by atoms with Crippen molar-refractivity contribution in [3.05, 3.63) is 12.0 Å². The van der Waals surface area contributed by atoms with Crippen molar-refractivity contribution in [2.24, 2.45) is 18.7 Å². The van der Waals surface area contributed by atoms with Crippen molar-refractivity contribution in [3.63, 3.8) is 0 Å². The van der Waals surface area contributed by atoms with E-state index in [-0.39, 0.29) is 17.7 Å². The van der Waals surface area contributed by atoms with Gasteiger partial charge in [0.1, 0.15) is 11.6 Å². The normalized spacial score (nSPS) is 18.8. The van der Waals surface area contributed by atoms with Crippen molar-refractivity contribution in [3.8, 4) is 0 Å². The van der Waals surface area contributed by atoms with Gasteiger partial charge in [0, 0.05) is 32.6 Å². The van der Waals surface area contributed by atoms with Crippen molar-refractivity contribution in [2.45, 2.75) is 32.6 Å². The molecule has 2 aromatic heterocycles. The molecule has 0 aromatic carbocycles. The summed E-state index contributed by atoms with van der Waals surface area (Å²) < 4.78 is 1.77. The number of carbonyl (C=O) groups excluding carboxylic acids is 1. The summed E-state index contributed by atoms with van der Waals surface area (Å²) in [5.41, 5.74) is 6.29. The minimum Gasteiger partial charge on any atom is -0.369 e. The van der Waals surface area contributed by atoms with E-state index in [9.17, 15) is 4.79 Å². The fourth-order valence-electron chi connectivity index (χ4n) is 3.26. The minimum atomic E-state index is -0.188. The highest BCUT2D eigenvalue weighted by Crippen LogP contribution is 2.22. The third-order valence-corrected chi connectivity index (χ3v) is 4.75. The smallest absolute Gasteiger partial charge is 0.221 e. The molecule has 0 spiro atoms. The van der Waals surface area contributed by atoms with Crippen molar-refractivity contribution >= 4 is 22.8 Å². The van der Waals surface area contributed by atoms with Gasteiger partial charge in [-0.1, -0.05) is 13.8 Å². The number of likely N-dealkylation sites (tertiary alicyclic amines) is 1. The lowest BCUT2D eigenvalue weighted by Gasteiger charge is -2.31. The molecule has 0 bridgehead atoms. The van der Waals surface area contributed by atoms with E-state index in [1.807, 2.05) is 7.05 Å². The van der Waals surface area contributed by atoms with Crippen LogP contribution >= 0.6 is 0 Å². The summed E-state index contributed by atoms with van der Waals surface area (Å²) >= 11 is 0. The Balaban J connectivity index is 1.67. The van der Waals surface area contributed by atoms with Crippen LogP contribution in [0, 0.1) is 5.92 Å². The molecular formula is C17H27N7O. The first kappa shape index (κ1) is 17.6. The molecule has 0 radical (unpaired) electrons. The third kappa shape index (κ3) is 3.89. The Labute approximate surface area is 147 Å². The summed E-state index contributed by atoms with van der Waals surface area (Å²) in [7, 11) is 1.89. The lowest BCUT2D eigenvalue weighted by molar-refractivity contribution is -0.123. The molecule has 8 nitrogen and oxygen atoms in total. The van der Waals surface area contributed by atoms with E-state index in [1.54, 1.807) is 10.9 Å². The lowest BCUT2D eigenvalue weighted by Crippen LogP contribution is -2.42. The van der Waals surface area contributed by atoms with Crippen LogP contribution in [0.4, 0.5) is 5.82 Å². The van der Waals surface area contributed by atoms with Gasteiger partial charge >= 0.3 is 0 Å². The van der Waals surface area contributed by atoms with Crippen LogP contribution in [0.25, 0.3) is 11.0 Å². The summed E-state index contributed by atoms with van der Waals surface area (Å²) in [5, 5.41) is 8.65. The van der Waals surface area contributed by atoms with E-state index >= 15 is 0 Å². The highest BCUT2D eigenvalue weighted by atomic mass is 16.1. The van der Waals surface area contributed by atoms with E-state index < -0.39 is 0 Å². The number of rotatable bonds is 6. The Hall–Kier alpha value is -2.22. The van der Waals surface area contributed by atoms with Crippen LogP contribution in [0.2, 0.25) is 0 Å². The average molecular weight is 345 g/mol. The highest BCUT2D eigenvalue weighted by molar-refractivity contribution is 5.86. The van der Waals surface area contributed by atoms with Crippen molar-refractivity contribution in [1.82, 2.24) is 24.6 Å². The van der Waals surface area contributed by atoms with Gasteiger partial charge in [0.05, 0.1) is 17.5 Å². The molecule has 1 saturated heterocycles. The van der Waals surface area contributed by atoms with Gasteiger partial charge in [-0.15, -0.1) is 0 Å². The number of hydrogen-bond acceptors (Lipinski definition) is 6. The first-order valence-corrected chi connectivity index (χ1v) is 8.91. The fraction of sp³-hybridized carbons (Fsp3) is 0.647. The van der Waals surface area contributed by atoms with Gasteiger partial charge in [0.2, 0.25) is 5.91 Å².